The molecule has 42 heavy (non-hydrogen) atoms. The minimum atomic E-state index is -0.687. The molecule has 2 aliphatic heterocycles. The molecule has 10 heteroatoms. The Hall–Kier alpha value is -3.88. The third kappa shape index (κ3) is 6.77. The highest BCUT2D eigenvalue weighted by atomic mass is 35.5. The van der Waals surface area contributed by atoms with Crippen molar-refractivity contribution in [3.05, 3.63) is 92.0 Å². The number of rotatable bonds is 8. The lowest BCUT2D eigenvalue weighted by Gasteiger charge is -2.20. The van der Waals surface area contributed by atoms with Crippen LogP contribution in [0.2, 0.25) is 10.0 Å². The van der Waals surface area contributed by atoms with Crippen molar-refractivity contribution >= 4 is 60.0 Å². The minimum Gasteiger partial charge on any atom is -0.335 e. The van der Waals surface area contributed by atoms with E-state index in [1.807, 2.05) is 24.3 Å². The molecule has 216 valence electrons. The van der Waals surface area contributed by atoms with Gasteiger partial charge in [-0.3, -0.25) is 9.98 Å². The van der Waals surface area contributed by atoms with Crippen LogP contribution >= 0.6 is 23.2 Å². The van der Waals surface area contributed by atoms with Crippen LogP contribution in [-0.4, -0.2) is 59.9 Å². The molecular weight excluding hydrogens is 575 g/mol. The van der Waals surface area contributed by atoms with E-state index in [1.165, 1.54) is 45.1 Å². The first kappa shape index (κ1) is 28.2. The van der Waals surface area contributed by atoms with Crippen LogP contribution in [0.15, 0.2) is 69.7 Å². The van der Waals surface area contributed by atoms with E-state index in [2.05, 4.69) is 34.3 Å². The molecule has 2 atom stereocenters. The first-order valence-corrected chi connectivity index (χ1v) is 14.8. The van der Waals surface area contributed by atoms with Gasteiger partial charge in [0, 0.05) is 22.2 Å². The van der Waals surface area contributed by atoms with Gasteiger partial charge >= 0.3 is 11.9 Å². The third-order valence-electron chi connectivity index (χ3n) is 7.77. The lowest BCUT2D eigenvalue weighted by molar-refractivity contribution is -0.167. The Morgan fingerprint density at radius 1 is 0.738 bits per heavy atom. The van der Waals surface area contributed by atoms with Gasteiger partial charge in [-0.1, -0.05) is 70.8 Å². The maximum atomic E-state index is 12.3. The van der Waals surface area contributed by atoms with Gasteiger partial charge in [0.15, 0.2) is 0 Å². The number of carbonyl (C=O) groups is 2. The van der Waals surface area contributed by atoms with Gasteiger partial charge in [0.1, 0.15) is 12.7 Å². The Kier molecular flexibility index (Phi) is 8.44. The zero-order valence-corrected chi connectivity index (χ0v) is 24.4. The van der Waals surface area contributed by atoms with E-state index in [1.54, 1.807) is 0 Å². The van der Waals surface area contributed by atoms with Gasteiger partial charge in [-0.2, -0.15) is 10.1 Å². The van der Waals surface area contributed by atoms with Crippen molar-refractivity contribution in [3.63, 3.8) is 0 Å². The highest BCUT2D eigenvalue weighted by Crippen LogP contribution is 2.33. The smallest absolute Gasteiger partial charge is 0.335 e. The summed E-state index contributed by atoms with van der Waals surface area (Å²) in [5.41, 5.74) is 7.22. The fraction of sp³-hybridized carbons (Fsp3) is 0.312. The molecule has 0 amide bonds. The standard InChI is InChI=1S/C32H30Cl2N4O4/c33-29-5-1-3-23-9-7-21(15-27(23)29)13-25-17-37(19-35-25)41-31(39)11-12-32(40)42-38-18-26(36-20-38)14-22-8-10-24-4-2-6-30(34)28(24)16-22/h1-6,11-12,15-16,19-20,25-26H,7-10,13-14,17-18H2/b12-11+. The maximum Gasteiger partial charge on any atom is 0.356 e. The Morgan fingerprint density at radius 2 is 1.19 bits per heavy atom. The van der Waals surface area contributed by atoms with E-state index in [4.69, 9.17) is 32.9 Å². The number of hydroxylamine groups is 4. The van der Waals surface area contributed by atoms with E-state index in [0.29, 0.717) is 13.1 Å². The normalized spacial score (nSPS) is 20.8. The first-order chi connectivity index (χ1) is 20.4. The van der Waals surface area contributed by atoms with Crippen molar-refractivity contribution in [1.29, 1.82) is 0 Å². The van der Waals surface area contributed by atoms with Crippen molar-refractivity contribution < 1.29 is 19.3 Å². The Labute approximate surface area is 254 Å². The SMILES string of the molecule is O=C(/C=C/C(=O)ON1C=NC(CC2=Cc3c(Cl)cccc3CC2)C1)ON1C=NC(CC2=Cc3c(Cl)cccc3CC2)C1. The average molecular weight is 606 g/mol. The number of aryl methyl sites for hydroxylation is 2. The van der Waals surface area contributed by atoms with E-state index >= 15 is 0 Å². The number of carbonyl (C=O) groups excluding carboxylic acids is 2. The van der Waals surface area contributed by atoms with E-state index in [-0.39, 0.29) is 12.1 Å². The van der Waals surface area contributed by atoms with E-state index in [0.717, 1.165) is 71.8 Å². The highest BCUT2D eigenvalue weighted by molar-refractivity contribution is 6.32. The highest BCUT2D eigenvalue weighted by Gasteiger charge is 2.25. The molecule has 2 aliphatic carbocycles. The minimum absolute atomic E-state index is 0.0273. The number of hydrogen-bond donors (Lipinski definition) is 0. The summed E-state index contributed by atoms with van der Waals surface area (Å²) in [6.45, 7) is 0.882. The number of aliphatic imine (C=N–C) groups is 2. The Bertz CT molecular complexity index is 1430. The van der Waals surface area contributed by atoms with Crippen LogP contribution in [0.3, 0.4) is 0 Å². The summed E-state index contributed by atoms with van der Waals surface area (Å²) in [6.07, 6.45) is 14.7. The molecule has 2 heterocycles. The van der Waals surface area contributed by atoms with E-state index < -0.39 is 11.9 Å². The number of nitrogens with zero attached hydrogens (tertiary/aromatic N) is 4. The van der Waals surface area contributed by atoms with Gasteiger partial charge in [0.2, 0.25) is 0 Å². The molecule has 8 nitrogen and oxygen atoms in total. The van der Waals surface area contributed by atoms with E-state index in [9.17, 15) is 9.59 Å². The number of benzene rings is 2. The van der Waals surface area contributed by atoms with Gasteiger partial charge in [-0.15, -0.1) is 0 Å². The summed E-state index contributed by atoms with van der Waals surface area (Å²) >= 11 is 12.7. The van der Waals surface area contributed by atoms with Crippen LogP contribution in [0.1, 0.15) is 47.9 Å². The van der Waals surface area contributed by atoms with Gasteiger partial charge in [-0.25, -0.2) is 9.59 Å². The van der Waals surface area contributed by atoms with Crippen LogP contribution in [-0.2, 0) is 32.1 Å². The Morgan fingerprint density at radius 3 is 1.64 bits per heavy atom. The maximum absolute atomic E-state index is 12.3. The summed E-state index contributed by atoms with van der Waals surface area (Å²) in [7, 11) is 0. The van der Waals surface area contributed by atoms with Crippen LogP contribution in [0.25, 0.3) is 12.2 Å². The second-order valence-corrected chi connectivity index (χ2v) is 11.6. The van der Waals surface area contributed by atoms with Gasteiger partial charge in [0.25, 0.3) is 0 Å². The molecule has 0 bridgehead atoms. The summed E-state index contributed by atoms with van der Waals surface area (Å²) in [6, 6.07) is 11.9. The zero-order valence-electron chi connectivity index (χ0n) is 22.9. The molecule has 0 fully saturated rings. The molecule has 0 N–H and O–H groups in total. The van der Waals surface area contributed by atoms with Crippen molar-refractivity contribution in [2.24, 2.45) is 9.98 Å². The molecule has 0 aromatic heterocycles. The van der Waals surface area contributed by atoms with Crippen molar-refractivity contribution in [2.45, 2.75) is 50.6 Å². The zero-order chi connectivity index (χ0) is 29.1. The molecule has 4 aliphatic rings. The molecular formula is C32H30Cl2N4O4. The molecule has 2 unspecified atom stereocenters. The second kappa shape index (κ2) is 12.5. The largest absolute Gasteiger partial charge is 0.356 e. The van der Waals surface area contributed by atoms with Crippen LogP contribution in [0.4, 0.5) is 0 Å². The van der Waals surface area contributed by atoms with Crippen LogP contribution < -0.4 is 0 Å². The number of hydrogen-bond acceptors (Lipinski definition) is 8. The monoisotopic (exact) mass is 604 g/mol. The van der Waals surface area contributed by atoms with Crippen LogP contribution in [0.5, 0.6) is 0 Å². The first-order valence-electron chi connectivity index (χ1n) is 14.0. The average Bonchev–Trinajstić information content (AvgIpc) is 3.61. The van der Waals surface area contributed by atoms with Gasteiger partial charge in [0.05, 0.1) is 25.2 Å². The van der Waals surface area contributed by atoms with Gasteiger partial charge < -0.3 is 9.68 Å². The summed E-state index contributed by atoms with van der Waals surface area (Å²) in [4.78, 5) is 44.2. The number of fused-ring (bicyclic) bond motifs is 2. The lowest BCUT2D eigenvalue weighted by atomic mass is 9.89. The Balaban J connectivity index is 0.921. The van der Waals surface area contributed by atoms with Crippen molar-refractivity contribution in [3.8, 4) is 0 Å². The fourth-order valence-electron chi connectivity index (χ4n) is 5.72. The summed E-state index contributed by atoms with van der Waals surface area (Å²) < 4.78 is 0. The predicted octanol–water partition coefficient (Wildman–Crippen LogP) is 6.03. The van der Waals surface area contributed by atoms with Crippen molar-refractivity contribution in [1.82, 2.24) is 10.1 Å². The quantitative estimate of drug-likeness (QED) is 0.342. The molecule has 0 spiro atoms. The lowest BCUT2D eigenvalue weighted by Crippen LogP contribution is -2.27. The topological polar surface area (TPSA) is 83.8 Å². The van der Waals surface area contributed by atoms with Crippen LogP contribution in [0, 0.1) is 0 Å². The molecule has 0 radical (unpaired) electrons. The third-order valence-corrected chi connectivity index (χ3v) is 8.43. The fourth-order valence-corrected chi connectivity index (χ4v) is 6.22. The van der Waals surface area contributed by atoms with Crippen molar-refractivity contribution in [2.75, 3.05) is 13.1 Å². The summed E-state index contributed by atoms with van der Waals surface area (Å²) in [5, 5.41) is 4.28. The molecule has 2 aromatic rings. The molecule has 0 saturated carbocycles. The van der Waals surface area contributed by atoms with Gasteiger partial charge in [-0.05, 0) is 72.9 Å². The molecule has 6 rings (SSSR count). The molecule has 2 aromatic carbocycles. The molecule has 0 saturated heterocycles. The second-order valence-electron chi connectivity index (χ2n) is 10.8. The summed E-state index contributed by atoms with van der Waals surface area (Å²) in [5.74, 6) is -1.37. The predicted molar refractivity (Wildman–Crippen MR) is 164 cm³/mol. The number of halogens is 2.